The number of esters is 1. The second-order valence-electron chi connectivity index (χ2n) is 7.04. The highest BCUT2D eigenvalue weighted by atomic mass is 35.5. The molecule has 9 nitrogen and oxygen atoms in total. The number of nitrogens with one attached hydrogen (secondary N) is 1. The van der Waals surface area contributed by atoms with Crippen LogP contribution in [-0.2, 0) is 14.3 Å². The summed E-state index contributed by atoms with van der Waals surface area (Å²) in [6.07, 6.45) is 1.53. The van der Waals surface area contributed by atoms with Crippen molar-refractivity contribution >= 4 is 58.1 Å². The molecular formula is C24H23ClN2O7S. The molecule has 0 saturated carbocycles. The molecule has 1 aliphatic rings. The molecule has 0 radical (unpaired) electrons. The van der Waals surface area contributed by atoms with Crippen LogP contribution in [0.1, 0.15) is 29.8 Å². The first-order valence-corrected chi connectivity index (χ1v) is 11.8. The lowest BCUT2D eigenvalue weighted by atomic mass is 10.1. The summed E-state index contributed by atoms with van der Waals surface area (Å²) in [7, 11) is 1.50. The molecule has 184 valence electrons. The predicted molar refractivity (Wildman–Crippen MR) is 133 cm³/mol. The van der Waals surface area contributed by atoms with Crippen LogP contribution in [0, 0.1) is 0 Å². The number of anilines is 1. The number of imide groups is 1. The second-order valence-corrected chi connectivity index (χ2v) is 8.44. The van der Waals surface area contributed by atoms with E-state index in [1.165, 1.54) is 31.4 Å². The largest absolute Gasteiger partial charge is 0.493 e. The highest BCUT2D eigenvalue weighted by Crippen LogP contribution is 2.37. The molecule has 35 heavy (non-hydrogen) atoms. The molecule has 3 amide bonds. The number of thioether (sulfide) groups is 1. The maximum absolute atomic E-state index is 12.9. The average Bonchev–Trinajstić information content (AvgIpc) is 3.08. The predicted octanol–water partition coefficient (Wildman–Crippen LogP) is 4.60. The molecule has 1 heterocycles. The summed E-state index contributed by atoms with van der Waals surface area (Å²) in [5.74, 6) is -0.925. The monoisotopic (exact) mass is 518 g/mol. The summed E-state index contributed by atoms with van der Waals surface area (Å²) in [5.41, 5.74) is 0.917. The third kappa shape index (κ3) is 6.14. The van der Waals surface area contributed by atoms with E-state index in [-0.39, 0.29) is 27.8 Å². The Labute approximate surface area is 211 Å². The van der Waals surface area contributed by atoms with E-state index in [0.29, 0.717) is 23.7 Å². The molecule has 0 bridgehead atoms. The molecule has 2 aromatic rings. The van der Waals surface area contributed by atoms with Gasteiger partial charge in [-0.25, -0.2) is 4.79 Å². The van der Waals surface area contributed by atoms with E-state index < -0.39 is 29.6 Å². The first-order chi connectivity index (χ1) is 16.8. The van der Waals surface area contributed by atoms with Gasteiger partial charge < -0.3 is 19.5 Å². The van der Waals surface area contributed by atoms with Crippen LogP contribution < -0.4 is 14.8 Å². The Morgan fingerprint density at radius 3 is 2.60 bits per heavy atom. The van der Waals surface area contributed by atoms with Gasteiger partial charge in [-0.05, 0) is 56.0 Å². The van der Waals surface area contributed by atoms with Gasteiger partial charge in [-0.2, -0.15) is 0 Å². The second kappa shape index (κ2) is 11.8. The van der Waals surface area contributed by atoms with E-state index in [1.54, 1.807) is 25.1 Å². The van der Waals surface area contributed by atoms with Gasteiger partial charge in [-0.1, -0.05) is 23.7 Å². The van der Waals surface area contributed by atoms with E-state index in [4.69, 9.17) is 25.8 Å². The summed E-state index contributed by atoms with van der Waals surface area (Å²) >= 11 is 6.76. The lowest BCUT2D eigenvalue weighted by Crippen LogP contribution is -2.36. The van der Waals surface area contributed by atoms with Crippen molar-refractivity contribution in [1.29, 1.82) is 0 Å². The van der Waals surface area contributed by atoms with Crippen molar-refractivity contribution in [3.05, 3.63) is 57.5 Å². The molecule has 0 aromatic heterocycles. The van der Waals surface area contributed by atoms with Crippen LogP contribution in [0.15, 0.2) is 41.3 Å². The molecule has 1 N–H and O–H groups in total. The molecule has 1 fully saturated rings. The number of carbonyl (C=O) groups excluding carboxylic acids is 4. The zero-order chi connectivity index (χ0) is 25.5. The minimum Gasteiger partial charge on any atom is -0.493 e. The van der Waals surface area contributed by atoms with Crippen LogP contribution in [0.5, 0.6) is 11.5 Å². The minimum absolute atomic E-state index is 0.0869. The topological polar surface area (TPSA) is 111 Å². The Morgan fingerprint density at radius 2 is 1.91 bits per heavy atom. The van der Waals surface area contributed by atoms with Gasteiger partial charge in [0.15, 0.2) is 11.5 Å². The maximum Gasteiger partial charge on any atom is 0.339 e. The van der Waals surface area contributed by atoms with Gasteiger partial charge in [0.25, 0.3) is 11.1 Å². The number of methoxy groups -OCH3 is 1. The highest BCUT2D eigenvalue weighted by Gasteiger charge is 2.36. The SMILES string of the molecule is CCOC(=O)c1cc(NC(=O)CN2C(=O)S/C(=C/c3cccc(OC)c3OCC)C2=O)ccc1Cl. The molecule has 1 aliphatic heterocycles. The van der Waals surface area contributed by atoms with Crippen molar-refractivity contribution in [3.63, 3.8) is 0 Å². The Hall–Kier alpha value is -3.50. The van der Waals surface area contributed by atoms with Gasteiger partial charge >= 0.3 is 5.97 Å². The molecule has 3 rings (SSSR count). The van der Waals surface area contributed by atoms with E-state index in [9.17, 15) is 19.2 Å². The summed E-state index contributed by atoms with van der Waals surface area (Å²) in [6.45, 7) is 3.52. The van der Waals surface area contributed by atoms with E-state index in [0.717, 1.165) is 16.7 Å². The van der Waals surface area contributed by atoms with Crippen LogP contribution >= 0.6 is 23.4 Å². The zero-order valence-electron chi connectivity index (χ0n) is 19.3. The van der Waals surface area contributed by atoms with Gasteiger partial charge in [0.2, 0.25) is 5.91 Å². The average molecular weight is 519 g/mol. The lowest BCUT2D eigenvalue weighted by Gasteiger charge is -2.14. The molecule has 1 saturated heterocycles. The Morgan fingerprint density at radius 1 is 1.14 bits per heavy atom. The molecule has 2 aromatic carbocycles. The van der Waals surface area contributed by atoms with Gasteiger partial charge in [-0.15, -0.1) is 0 Å². The van der Waals surface area contributed by atoms with Crippen molar-refractivity contribution in [1.82, 2.24) is 4.90 Å². The number of amides is 3. The van der Waals surface area contributed by atoms with Crippen molar-refractivity contribution in [2.75, 3.05) is 32.2 Å². The first kappa shape index (κ1) is 26.1. The Bertz CT molecular complexity index is 1200. The normalized spacial score (nSPS) is 14.3. The molecule has 0 atom stereocenters. The van der Waals surface area contributed by atoms with E-state index >= 15 is 0 Å². The number of benzene rings is 2. The fraction of sp³-hybridized carbons (Fsp3) is 0.250. The van der Waals surface area contributed by atoms with Crippen molar-refractivity contribution in [2.45, 2.75) is 13.8 Å². The van der Waals surface area contributed by atoms with E-state index in [1.807, 2.05) is 6.92 Å². The third-order valence-corrected chi connectivity index (χ3v) is 5.96. The smallest absolute Gasteiger partial charge is 0.339 e. The Balaban J connectivity index is 1.75. The van der Waals surface area contributed by atoms with Crippen LogP contribution in [0.4, 0.5) is 10.5 Å². The lowest BCUT2D eigenvalue weighted by molar-refractivity contribution is -0.127. The number of hydrogen-bond acceptors (Lipinski definition) is 8. The standard InChI is InChI=1S/C24H23ClN2O7S/c1-4-33-21-14(7-6-8-18(21)32-3)11-19-22(29)27(24(31)35-19)13-20(28)26-15-9-10-17(25)16(12-15)23(30)34-5-2/h6-12H,4-5,13H2,1-3H3,(H,26,28)/b19-11+. The zero-order valence-corrected chi connectivity index (χ0v) is 20.8. The maximum atomic E-state index is 12.9. The first-order valence-electron chi connectivity index (χ1n) is 10.6. The fourth-order valence-electron chi connectivity index (χ4n) is 3.20. The molecule has 11 heteroatoms. The van der Waals surface area contributed by atoms with Crippen LogP contribution in [0.2, 0.25) is 5.02 Å². The number of carbonyl (C=O) groups is 4. The van der Waals surface area contributed by atoms with Gasteiger partial charge in [0.1, 0.15) is 6.54 Å². The van der Waals surface area contributed by atoms with Crippen molar-refractivity contribution < 1.29 is 33.4 Å². The number of nitrogens with zero attached hydrogens (tertiary/aromatic N) is 1. The Kier molecular flexibility index (Phi) is 8.78. The van der Waals surface area contributed by atoms with Gasteiger partial charge in [0.05, 0.1) is 35.8 Å². The van der Waals surface area contributed by atoms with Crippen LogP contribution in [0.25, 0.3) is 6.08 Å². The number of hydrogen-bond donors (Lipinski definition) is 1. The van der Waals surface area contributed by atoms with Crippen LogP contribution in [0.3, 0.4) is 0 Å². The van der Waals surface area contributed by atoms with Crippen LogP contribution in [-0.4, -0.2) is 54.8 Å². The molecular weight excluding hydrogens is 496 g/mol. The molecule has 0 spiro atoms. The number of para-hydroxylation sites is 1. The van der Waals surface area contributed by atoms with Crippen molar-refractivity contribution in [2.24, 2.45) is 0 Å². The number of rotatable bonds is 9. The summed E-state index contributed by atoms with van der Waals surface area (Å²) < 4.78 is 15.9. The number of halogens is 1. The fourth-order valence-corrected chi connectivity index (χ4v) is 4.22. The third-order valence-electron chi connectivity index (χ3n) is 4.73. The molecule has 0 aliphatic carbocycles. The van der Waals surface area contributed by atoms with E-state index in [2.05, 4.69) is 5.32 Å². The highest BCUT2D eigenvalue weighted by molar-refractivity contribution is 8.18. The van der Waals surface area contributed by atoms with Gasteiger partial charge in [0, 0.05) is 11.3 Å². The quantitative estimate of drug-likeness (QED) is 0.379. The molecule has 0 unspecified atom stereocenters. The van der Waals surface area contributed by atoms with Gasteiger partial charge in [-0.3, -0.25) is 19.3 Å². The summed E-state index contributed by atoms with van der Waals surface area (Å²) in [6, 6.07) is 9.50. The summed E-state index contributed by atoms with van der Waals surface area (Å²) in [4.78, 5) is 50.9. The van der Waals surface area contributed by atoms with Crippen molar-refractivity contribution in [3.8, 4) is 11.5 Å². The number of ether oxygens (including phenoxy) is 3. The summed E-state index contributed by atoms with van der Waals surface area (Å²) in [5, 5.41) is 2.15. The minimum atomic E-state index is -0.631.